The Hall–Kier alpha value is -4.74. The predicted molar refractivity (Wildman–Crippen MR) is 119 cm³/mol. The number of rotatable bonds is 6. The number of nitrogens with one attached hydrogen (secondary N) is 4. The number of fused-ring (bicyclic) bond motifs is 1. The number of hydrogen-bond donors (Lipinski definition) is 4. The van der Waals surface area contributed by atoms with Crippen LogP contribution in [0.15, 0.2) is 53.3 Å². The summed E-state index contributed by atoms with van der Waals surface area (Å²) in [7, 11) is 1.54. The van der Waals surface area contributed by atoms with Crippen molar-refractivity contribution in [1.29, 1.82) is 0 Å². The molecule has 2 amide bonds. The summed E-state index contributed by atoms with van der Waals surface area (Å²) in [5.74, 6) is -1.45. The van der Waals surface area contributed by atoms with Gasteiger partial charge in [-0.15, -0.1) is 0 Å². The van der Waals surface area contributed by atoms with Crippen LogP contribution in [-0.2, 0) is 9.59 Å². The van der Waals surface area contributed by atoms with Crippen LogP contribution in [0.3, 0.4) is 0 Å². The molecule has 2 heterocycles. The van der Waals surface area contributed by atoms with Gasteiger partial charge in [-0.1, -0.05) is 0 Å². The lowest BCUT2D eigenvalue weighted by Crippen LogP contribution is -2.36. The van der Waals surface area contributed by atoms with Crippen LogP contribution in [0.4, 0.5) is 28.8 Å². The second kappa shape index (κ2) is 8.78. The Morgan fingerprint density at radius 3 is 2.42 bits per heavy atom. The fraction of sp³-hybridized carbons (Fsp3) is 0.143. The molecule has 0 aliphatic carbocycles. The molecule has 33 heavy (non-hydrogen) atoms. The average Bonchev–Trinajstić information content (AvgIpc) is 2.79. The average molecular weight is 450 g/mol. The van der Waals surface area contributed by atoms with Crippen LogP contribution in [0.5, 0.6) is 5.75 Å². The van der Waals surface area contributed by atoms with Crippen LogP contribution in [0.1, 0.15) is 17.9 Å². The number of benzene rings is 2. The maximum Gasteiger partial charge on any atom is 0.269 e. The van der Waals surface area contributed by atoms with E-state index in [9.17, 15) is 24.5 Å². The van der Waals surface area contributed by atoms with E-state index in [1.54, 1.807) is 31.4 Å². The molecule has 1 aliphatic heterocycles. The van der Waals surface area contributed by atoms with Crippen molar-refractivity contribution in [3.05, 3.63) is 74.6 Å². The molecule has 2 aromatic carbocycles. The summed E-state index contributed by atoms with van der Waals surface area (Å²) in [6, 6.07) is 12.1. The zero-order chi connectivity index (χ0) is 23.5. The van der Waals surface area contributed by atoms with Gasteiger partial charge in [-0.05, 0) is 36.4 Å². The van der Waals surface area contributed by atoms with Crippen molar-refractivity contribution in [1.82, 2.24) is 9.97 Å². The molecule has 4 rings (SSSR count). The summed E-state index contributed by atoms with van der Waals surface area (Å²) in [4.78, 5) is 54.9. The lowest BCUT2D eigenvalue weighted by molar-refractivity contribution is -0.384. The molecule has 0 saturated heterocycles. The number of carbonyl (C=O) groups is 2. The van der Waals surface area contributed by atoms with Crippen molar-refractivity contribution in [3.63, 3.8) is 0 Å². The van der Waals surface area contributed by atoms with Crippen LogP contribution in [0, 0.1) is 10.1 Å². The van der Waals surface area contributed by atoms with Crippen LogP contribution in [0.2, 0.25) is 0 Å². The fourth-order valence-electron chi connectivity index (χ4n) is 3.36. The van der Waals surface area contributed by atoms with Gasteiger partial charge in [0, 0.05) is 29.9 Å². The maximum absolute atomic E-state index is 12.9. The third-order valence-electron chi connectivity index (χ3n) is 4.97. The summed E-state index contributed by atoms with van der Waals surface area (Å²) >= 11 is 0. The molecule has 0 saturated carbocycles. The Labute approximate surface area is 186 Å². The van der Waals surface area contributed by atoms with E-state index in [-0.39, 0.29) is 29.4 Å². The van der Waals surface area contributed by atoms with E-state index in [1.807, 2.05) is 0 Å². The SMILES string of the molecule is COc1ccc(Nc2nc3c(c(=O)[nH]2)[C@H](C(=O)Nc2ccc([N+](=O)[O-])cc2)CC(=O)N3)cc1. The predicted octanol–water partition coefficient (Wildman–Crippen LogP) is 2.49. The quantitative estimate of drug-likeness (QED) is 0.328. The van der Waals surface area contributed by atoms with Gasteiger partial charge in [-0.2, -0.15) is 4.98 Å². The highest BCUT2D eigenvalue weighted by Gasteiger charge is 2.34. The highest BCUT2D eigenvalue weighted by atomic mass is 16.6. The van der Waals surface area contributed by atoms with Gasteiger partial charge in [0.05, 0.1) is 23.5 Å². The number of hydrogen-bond acceptors (Lipinski definition) is 8. The Morgan fingerprint density at radius 1 is 1.12 bits per heavy atom. The van der Waals surface area contributed by atoms with Crippen LogP contribution >= 0.6 is 0 Å². The van der Waals surface area contributed by atoms with Gasteiger partial charge in [-0.3, -0.25) is 29.5 Å². The number of nitro benzene ring substituents is 1. The third kappa shape index (κ3) is 4.63. The van der Waals surface area contributed by atoms with Crippen LogP contribution in [-0.4, -0.2) is 33.8 Å². The second-order valence-corrected chi connectivity index (χ2v) is 7.13. The number of carbonyl (C=O) groups excluding carboxylic acids is 2. The zero-order valence-electron chi connectivity index (χ0n) is 17.2. The molecule has 3 aromatic rings. The topological polar surface area (TPSA) is 168 Å². The second-order valence-electron chi connectivity index (χ2n) is 7.13. The maximum atomic E-state index is 12.9. The van der Waals surface area contributed by atoms with E-state index in [0.29, 0.717) is 17.1 Å². The number of anilines is 4. The highest BCUT2D eigenvalue weighted by molar-refractivity contribution is 6.04. The van der Waals surface area contributed by atoms with E-state index in [0.717, 1.165) is 0 Å². The van der Waals surface area contributed by atoms with Gasteiger partial charge < -0.3 is 20.7 Å². The van der Waals surface area contributed by atoms with Gasteiger partial charge in [0.25, 0.3) is 11.2 Å². The van der Waals surface area contributed by atoms with Gasteiger partial charge in [-0.25, -0.2) is 0 Å². The number of aromatic amines is 1. The van der Waals surface area contributed by atoms with Gasteiger partial charge >= 0.3 is 0 Å². The minimum atomic E-state index is -1.09. The molecule has 0 spiro atoms. The van der Waals surface area contributed by atoms with Gasteiger partial charge in [0.15, 0.2) is 0 Å². The number of aromatic nitrogens is 2. The number of methoxy groups -OCH3 is 1. The van der Waals surface area contributed by atoms with E-state index in [2.05, 4.69) is 25.9 Å². The Morgan fingerprint density at radius 2 is 1.79 bits per heavy atom. The van der Waals surface area contributed by atoms with Crippen molar-refractivity contribution in [3.8, 4) is 5.75 Å². The van der Waals surface area contributed by atoms with Crippen molar-refractivity contribution in [2.75, 3.05) is 23.1 Å². The van der Waals surface area contributed by atoms with Crippen molar-refractivity contribution >= 4 is 40.6 Å². The van der Waals surface area contributed by atoms with E-state index in [1.165, 1.54) is 24.3 Å². The lowest BCUT2D eigenvalue weighted by atomic mass is 9.92. The molecule has 4 N–H and O–H groups in total. The van der Waals surface area contributed by atoms with Crippen molar-refractivity contribution in [2.24, 2.45) is 0 Å². The molecule has 12 nitrogen and oxygen atoms in total. The Balaban J connectivity index is 1.58. The number of nitrogens with zero attached hydrogens (tertiary/aromatic N) is 2. The largest absolute Gasteiger partial charge is 0.497 e. The molecule has 0 fully saturated rings. The molecule has 12 heteroatoms. The van der Waals surface area contributed by atoms with Crippen molar-refractivity contribution < 1.29 is 19.2 Å². The first kappa shape index (κ1) is 21.5. The molecule has 0 bridgehead atoms. The van der Waals surface area contributed by atoms with Crippen LogP contribution < -0.4 is 26.2 Å². The normalized spacial score (nSPS) is 14.6. The number of nitro groups is 1. The highest BCUT2D eigenvalue weighted by Crippen LogP contribution is 2.30. The molecule has 1 aliphatic rings. The van der Waals surface area contributed by atoms with E-state index < -0.39 is 28.2 Å². The summed E-state index contributed by atoms with van der Waals surface area (Å²) in [6.45, 7) is 0. The first-order chi connectivity index (χ1) is 15.8. The number of H-pyrrole nitrogens is 1. The Bertz CT molecular complexity index is 1290. The monoisotopic (exact) mass is 450 g/mol. The first-order valence-corrected chi connectivity index (χ1v) is 9.74. The lowest BCUT2D eigenvalue weighted by Gasteiger charge is -2.23. The molecule has 0 radical (unpaired) electrons. The molecular formula is C21H18N6O6. The minimum absolute atomic E-state index is 0.0186. The van der Waals surface area contributed by atoms with E-state index in [4.69, 9.17) is 4.74 Å². The third-order valence-corrected chi connectivity index (χ3v) is 4.97. The summed E-state index contributed by atoms with van der Waals surface area (Å²) in [5.41, 5.74) is 0.218. The number of non-ortho nitro benzene ring substituents is 1. The van der Waals surface area contributed by atoms with Gasteiger partial charge in [0.1, 0.15) is 11.6 Å². The van der Waals surface area contributed by atoms with E-state index >= 15 is 0 Å². The molecule has 1 aromatic heterocycles. The zero-order valence-corrected chi connectivity index (χ0v) is 17.2. The fourth-order valence-corrected chi connectivity index (χ4v) is 3.36. The molecule has 1 atom stereocenters. The van der Waals surface area contributed by atoms with Crippen LogP contribution in [0.25, 0.3) is 0 Å². The standard InChI is InChI=1S/C21H18N6O6/c1-33-14-8-4-12(5-9-14)23-21-25-18-17(20(30)26-21)15(10-16(28)24-18)19(29)22-11-2-6-13(7-3-11)27(31)32/h2-9,15H,10H2,1H3,(H,22,29)(H3,23,24,25,26,28,30)/t15-/m1/s1. The van der Waals surface area contributed by atoms with Crippen molar-refractivity contribution in [2.45, 2.75) is 12.3 Å². The number of amides is 2. The molecule has 0 unspecified atom stereocenters. The molecular weight excluding hydrogens is 432 g/mol. The summed E-state index contributed by atoms with van der Waals surface area (Å²) in [6.07, 6.45) is -0.248. The smallest absolute Gasteiger partial charge is 0.269 e. The first-order valence-electron chi connectivity index (χ1n) is 9.74. The Kier molecular flexibility index (Phi) is 5.72. The summed E-state index contributed by atoms with van der Waals surface area (Å²) < 4.78 is 5.10. The number of ether oxygens (including phenoxy) is 1. The van der Waals surface area contributed by atoms with Gasteiger partial charge in [0.2, 0.25) is 17.8 Å². The summed E-state index contributed by atoms with van der Waals surface area (Å²) in [5, 5.41) is 18.8. The minimum Gasteiger partial charge on any atom is -0.497 e. The molecule has 168 valence electrons.